The summed E-state index contributed by atoms with van der Waals surface area (Å²) in [6, 6.07) is 0. The lowest BCUT2D eigenvalue weighted by Crippen LogP contribution is -2.41. The SMILES string of the molecule is CN(CCN(CC(C)(C)C)C(=O)O)Cc1cn(C2CCCCO2)nc1I. The van der Waals surface area contributed by atoms with Gasteiger partial charge in [-0.05, 0) is 54.3 Å². The standard InChI is InChI=1S/C18H31IN4O3/c1-18(2,3)13-22(17(24)25)9-8-21(4)11-14-12-23(20-16(14)19)15-7-5-6-10-26-15/h12,15H,5-11,13H2,1-4H3,(H,24,25). The molecule has 8 heteroatoms. The van der Waals surface area contributed by atoms with Crippen molar-refractivity contribution >= 4 is 28.7 Å². The number of halogens is 1. The normalized spacial score (nSPS) is 18.3. The van der Waals surface area contributed by atoms with Crippen molar-refractivity contribution in [3.05, 3.63) is 15.5 Å². The fourth-order valence-corrected chi connectivity index (χ4v) is 3.63. The Morgan fingerprint density at radius 1 is 1.42 bits per heavy atom. The Balaban J connectivity index is 1.89. The second-order valence-electron chi connectivity index (χ2n) is 8.25. The molecule has 1 unspecified atom stereocenters. The van der Waals surface area contributed by atoms with Gasteiger partial charge in [0.15, 0.2) is 0 Å². The Hall–Kier alpha value is -0.870. The number of hydrogen-bond donors (Lipinski definition) is 1. The molecule has 2 heterocycles. The summed E-state index contributed by atoms with van der Waals surface area (Å²) in [4.78, 5) is 15.1. The smallest absolute Gasteiger partial charge is 0.407 e. The molecule has 1 amide bonds. The van der Waals surface area contributed by atoms with Crippen LogP contribution in [-0.2, 0) is 11.3 Å². The third-order valence-corrected chi connectivity index (χ3v) is 5.24. The van der Waals surface area contributed by atoms with Crippen LogP contribution in [0.3, 0.4) is 0 Å². The maximum absolute atomic E-state index is 11.5. The number of rotatable bonds is 7. The summed E-state index contributed by atoms with van der Waals surface area (Å²) < 4.78 is 8.72. The third kappa shape index (κ3) is 6.70. The molecule has 0 radical (unpaired) electrons. The van der Waals surface area contributed by atoms with Crippen LogP contribution in [0.25, 0.3) is 0 Å². The van der Waals surface area contributed by atoms with Crippen molar-refractivity contribution in [3.63, 3.8) is 0 Å². The number of hydrogen-bond acceptors (Lipinski definition) is 4. The van der Waals surface area contributed by atoms with Gasteiger partial charge >= 0.3 is 6.09 Å². The van der Waals surface area contributed by atoms with Crippen LogP contribution < -0.4 is 0 Å². The van der Waals surface area contributed by atoms with Crippen LogP contribution in [0, 0.1) is 9.12 Å². The van der Waals surface area contributed by atoms with E-state index in [2.05, 4.69) is 59.6 Å². The van der Waals surface area contributed by atoms with E-state index < -0.39 is 6.09 Å². The van der Waals surface area contributed by atoms with Gasteiger partial charge in [-0.3, -0.25) is 0 Å². The Kier molecular flexibility index (Phi) is 7.72. The molecule has 148 valence electrons. The Morgan fingerprint density at radius 2 is 2.15 bits per heavy atom. The minimum absolute atomic E-state index is 0.0469. The molecule has 1 aliphatic heterocycles. The zero-order chi connectivity index (χ0) is 19.3. The Labute approximate surface area is 169 Å². The summed E-state index contributed by atoms with van der Waals surface area (Å²) in [6.07, 6.45) is 4.57. The topological polar surface area (TPSA) is 70.8 Å². The Morgan fingerprint density at radius 3 is 2.73 bits per heavy atom. The molecular formula is C18H31IN4O3. The molecule has 1 aliphatic rings. The molecule has 2 rings (SSSR count). The number of carboxylic acid groups (broad SMARTS) is 1. The first-order valence-electron chi connectivity index (χ1n) is 9.17. The maximum Gasteiger partial charge on any atom is 0.407 e. The molecule has 1 fully saturated rings. The maximum atomic E-state index is 11.5. The minimum atomic E-state index is -0.856. The van der Waals surface area contributed by atoms with Crippen LogP contribution in [0.5, 0.6) is 0 Å². The summed E-state index contributed by atoms with van der Waals surface area (Å²) in [5.74, 6) is 0. The number of aromatic nitrogens is 2. The average Bonchev–Trinajstić information content (AvgIpc) is 2.92. The highest BCUT2D eigenvalue weighted by Crippen LogP contribution is 2.24. The summed E-state index contributed by atoms with van der Waals surface area (Å²) >= 11 is 2.26. The van der Waals surface area contributed by atoms with E-state index in [0.717, 1.165) is 35.3 Å². The number of ether oxygens (including phenoxy) is 1. The van der Waals surface area contributed by atoms with E-state index >= 15 is 0 Å². The fraction of sp³-hybridized carbons (Fsp3) is 0.778. The predicted molar refractivity (Wildman–Crippen MR) is 109 cm³/mol. The quantitative estimate of drug-likeness (QED) is 0.606. The summed E-state index contributed by atoms with van der Waals surface area (Å²) in [7, 11) is 2.02. The largest absolute Gasteiger partial charge is 0.465 e. The molecule has 0 bridgehead atoms. The molecule has 1 aromatic rings. The van der Waals surface area contributed by atoms with E-state index in [1.807, 2.05) is 11.7 Å². The average molecular weight is 478 g/mol. The van der Waals surface area contributed by atoms with Gasteiger partial charge in [0, 0.05) is 44.5 Å². The monoisotopic (exact) mass is 478 g/mol. The molecule has 26 heavy (non-hydrogen) atoms. The second kappa shape index (κ2) is 9.36. The number of likely N-dealkylation sites (N-methyl/N-ethyl adjacent to an activating group) is 1. The molecule has 1 atom stereocenters. The zero-order valence-corrected chi connectivity index (χ0v) is 18.4. The second-order valence-corrected chi connectivity index (χ2v) is 9.27. The third-order valence-electron chi connectivity index (χ3n) is 4.33. The van der Waals surface area contributed by atoms with E-state index in [1.165, 1.54) is 11.3 Å². The van der Waals surface area contributed by atoms with Crippen molar-refractivity contribution in [1.29, 1.82) is 0 Å². The minimum Gasteiger partial charge on any atom is -0.465 e. The molecule has 1 N–H and O–H groups in total. The Bertz CT molecular complexity index is 594. The van der Waals surface area contributed by atoms with Crippen molar-refractivity contribution in [3.8, 4) is 0 Å². The summed E-state index contributed by atoms with van der Waals surface area (Å²) in [5.41, 5.74) is 1.10. The van der Waals surface area contributed by atoms with Crippen LogP contribution in [0.4, 0.5) is 4.79 Å². The van der Waals surface area contributed by atoms with Crippen molar-refractivity contribution in [2.24, 2.45) is 5.41 Å². The van der Waals surface area contributed by atoms with E-state index in [-0.39, 0.29) is 11.6 Å². The van der Waals surface area contributed by atoms with Crippen LogP contribution in [0.1, 0.15) is 51.8 Å². The van der Waals surface area contributed by atoms with Gasteiger partial charge in [-0.15, -0.1) is 0 Å². The lowest BCUT2D eigenvalue weighted by molar-refractivity contribution is -0.0397. The van der Waals surface area contributed by atoms with Crippen molar-refractivity contribution in [2.45, 2.75) is 52.8 Å². The van der Waals surface area contributed by atoms with E-state index in [0.29, 0.717) is 19.6 Å². The highest BCUT2D eigenvalue weighted by Gasteiger charge is 2.22. The molecule has 0 spiro atoms. The molecule has 1 aromatic heterocycles. The first kappa shape index (κ1) is 21.4. The van der Waals surface area contributed by atoms with Gasteiger partial charge in [0.25, 0.3) is 0 Å². The first-order chi connectivity index (χ1) is 12.2. The summed E-state index contributed by atoms with van der Waals surface area (Å²) in [6.45, 7) is 9.42. The first-order valence-corrected chi connectivity index (χ1v) is 10.2. The van der Waals surface area contributed by atoms with Crippen molar-refractivity contribution in [2.75, 3.05) is 33.3 Å². The van der Waals surface area contributed by atoms with Crippen LogP contribution in [0.2, 0.25) is 0 Å². The van der Waals surface area contributed by atoms with Crippen molar-refractivity contribution < 1.29 is 14.6 Å². The van der Waals surface area contributed by atoms with Crippen molar-refractivity contribution in [1.82, 2.24) is 19.6 Å². The van der Waals surface area contributed by atoms with Gasteiger partial charge in [0.2, 0.25) is 0 Å². The van der Waals surface area contributed by atoms with Crippen LogP contribution in [-0.4, -0.2) is 64.1 Å². The van der Waals surface area contributed by atoms with E-state index in [4.69, 9.17) is 4.74 Å². The molecule has 0 saturated carbocycles. The molecule has 7 nitrogen and oxygen atoms in total. The van der Waals surface area contributed by atoms with E-state index in [1.54, 1.807) is 0 Å². The number of amides is 1. The van der Waals surface area contributed by atoms with Gasteiger partial charge in [-0.25, -0.2) is 9.48 Å². The fourth-order valence-electron chi connectivity index (χ4n) is 3.07. The molecule has 1 saturated heterocycles. The lowest BCUT2D eigenvalue weighted by atomic mass is 9.96. The van der Waals surface area contributed by atoms with Gasteiger partial charge in [0.1, 0.15) is 9.93 Å². The number of carbonyl (C=O) groups is 1. The van der Waals surface area contributed by atoms with Gasteiger partial charge < -0.3 is 19.6 Å². The molecule has 0 aliphatic carbocycles. The zero-order valence-electron chi connectivity index (χ0n) is 16.2. The van der Waals surface area contributed by atoms with Gasteiger partial charge in [0.05, 0.1) is 0 Å². The highest BCUT2D eigenvalue weighted by atomic mass is 127. The number of nitrogens with zero attached hydrogens (tertiary/aromatic N) is 4. The molecular weight excluding hydrogens is 447 g/mol. The highest BCUT2D eigenvalue weighted by molar-refractivity contribution is 14.1. The summed E-state index contributed by atoms with van der Waals surface area (Å²) in [5, 5.41) is 14.0. The van der Waals surface area contributed by atoms with Crippen LogP contribution >= 0.6 is 22.6 Å². The van der Waals surface area contributed by atoms with Crippen LogP contribution in [0.15, 0.2) is 6.20 Å². The van der Waals surface area contributed by atoms with E-state index in [9.17, 15) is 9.90 Å². The predicted octanol–water partition coefficient (Wildman–Crippen LogP) is 3.64. The van der Waals surface area contributed by atoms with Gasteiger partial charge in [-0.2, -0.15) is 5.10 Å². The lowest BCUT2D eigenvalue weighted by Gasteiger charge is -2.29. The molecule has 0 aromatic carbocycles. The van der Waals surface area contributed by atoms with Gasteiger partial charge in [-0.1, -0.05) is 20.8 Å².